The first kappa shape index (κ1) is 19.5. The van der Waals surface area contributed by atoms with E-state index in [1.807, 2.05) is 50.6 Å². The van der Waals surface area contributed by atoms with Crippen molar-refractivity contribution in [3.63, 3.8) is 0 Å². The van der Waals surface area contributed by atoms with Crippen LogP contribution in [0.25, 0.3) is 0 Å². The highest BCUT2D eigenvalue weighted by atomic mass is 35.5. The second-order valence-corrected chi connectivity index (χ2v) is 6.99. The molecule has 0 saturated heterocycles. The summed E-state index contributed by atoms with van der Waals surface area (Å²) in [6.07, 6.45) is 0. The van der Waals surface area contributed by atoms with E-state index in [1.54, 1.807) is 7.11 Å². The molecule has 0 aliphatic carbocycles. The molecule has 0 bridgehead atoms. The van der Waals surface area contributed by atoms with E-state index >= 15 is 0 Å². The number of hydrogen-bond donors (Lipinski definition) is 0. The number of halogens is 1. The highest BCUT2D eigenvalue weighted by Crippen LogP contribution is 2.24. The van der Waals surface area contributed by atoms with Crippen LogP contribution in [-0.4, -0.2) is 23.6 Å². The zero-order valence-corrected chi connectivity index (χ0v) is 16.8. The molecule has 0 saturated carbocycles. The van der Waals surface area contributed by atoms with Crippen LogP contribution in [0.3, 0.4) is 0 Å². The number of aromatic nitrogens is 1. The van der Waals surface area contributed by atoms with Gasteiger partial charge in [0.05, 0.1) is 19.3 Å². The molecule has 1 heterocycles. The number of ether oxygens (including phenoxy) is 1. The maximum atomic E-state index is 9.43. The maximum absolute atomic E-state index is 9.43. The lowest BCUT2D eigenvalue weighted by molar-refractivity contribution is 0.251. The summed E-state index contributed by atoms with van der Waals surface area (Å²) in [5.41, 5.74) is 4.71. The third-order valence-corrected chi connectivity index (χ3v) is 5.18. The molecule has 0 aliphatic heterocycles. The first-order valence-corrected chi connectivity index (χ1v) is 8.70. The SMILES string of the molecule is COc1ccc(Cl)cc1CN(C)Cn1c(C)c(C)c(C)c(C#N)c1=S. The van der Waals surface area contributed by atoms with E-state index in [0.717, 1.165) is 28.1 Å². The number of benzene rings is 1. The van der Waals surface area contributed by atoms with Gasteiger partial charge in [-0.3, -0.25) is 4.90 Å². The molecule has 0 amide bonds. The summed E-state index contributed by atoms with van der Waals surface area (Å²) in [7, 11) is 3.65. The fraction of sp³-hybridized carbons (Fsp3) is 0.368. The van der Waals surface area contributed by atoms with Crippen molar-refractivity contribution in [1.29, 1.82) is 5.26 Å². The zero-order valence-electron chi connectivity index (χ0n) is 15.2. The number of pyridine rings is 1. The first-order valence-electron chi connectivity index (χ1n) is 7.91. The summed E-state index contributed by atoms with van der Waals surface area (Å²) in [6, 6.07) is 7.83. The molecule has 0 spiro atoms. The predicted octanol–water partition coefficient (Wildman–Crippen LogP) is 4.77. The topological polar surface area (TPSA) is 41.2 Å². The first-order chi connectivity index (χ1) is 11.8. The molecule has 2 rings (SSSR count). The normalized spacial score (nSPS) is 10.8. The molecular weight excluding hydrogens is 354 g/mol. The molecule has 0 fully saturated rings. The van der Waals surface area contributed by atoms with Crippen LogP contribution in [0.5, 0.6) is 5.75 Å². The molecule has 1 aromatic heterocycles. The van der Waals surface area contributed by atoms with Gasteiger partial charge in [0.15, 0.2) is 0 Å². The van der Waals surface area contributed by atoms with Crippen molar-refractivity contribution in [2.75, 3.05) is 14.2 Å². The van der Waals surface area contributed by atoms with Crippen LogP contribution < -0.4 is 4.74 Å². The molecule has 0 radical (unpaired) electrons. The van der Waals surface area contributed by atoms with Crippen LogP contribution in [0.2, 0.25) is 5.02 Å². The highest BCUT2D eigenvalue weighted by molar-refractivity contribution is 7.71. The molecule has 25 heavy (non-hydrogen) atoms. The molecule has 1 aromatic carbocycles. The Morgan fingerprint density at radius 2 is 1.96 bits per heavy atom. The number of rotatable bonds is 5. The van der Waals surface area contributed by atoms with Gasteiger partial charge in [-0.05, 0) is 57.1 Å². The Kier molecular flexibility index (Phi) is 6.23. The van der Waals surface area contributed by atoms with Crippen LogP contribution >= 0.6 is 23.8 Å². The molecular formula is C19H22ClN3OS. The van der Waals surface area contributed by atoms with Crippen molar-refractivity contribution < 1.29 is 4.74 Å². The van der Waals surface area contributed by atoms with Gasteiger partial charge in [0.25, 0.3) is 0 Å². The van der Waals surface area contributed by atoms with Crippen molar-refractivity contribution in [1.82, 2.24) is 9.47 Å². The Bertz CT molecular complexity index is 899. The van der Waals surface area contributed by atoms with E-state index < -0.39 is 0 Å². The van der Waals surface area contributed by atoms with Crippen LogP contribution in [0, 0.1) is 36.7 Å². The molecule has 0 unspecified atom stereocenters. The van der Waals surface area contributed by atoms with Gasteiger partial charge in [-0.1, -0.05) is 23.8 Å². The van der Waals surface area contributed by atoms with Gasteiger partial charge in [-0.25, -0.2) is 0 Å². The summed E-state index contributed by atoms with van der Waals surface area (Å²) < 4.78 is 8.00. The van der Waals surface area contributed by atoms with Crippen molar-refractivity contribution in [3.8, 4) is 11.8 Å². The van der Waals surface area contributed by atoms with Crippen LogP contribution in [-0.2, 0) is 13.2 Å². The zero-order chi connectivity index (χ0) is 18.7. The Hall–Kier alpha value is -1.87. The van der Waals surface area contributed by atoms with Gasteiger partial charge in [0.1, 0.15) is 16.5 Å². The van der Waals surface area contributed by atoms with E-state index in [9.17, 15) is 5.26 Å². The van der Waals surface area contributed by atoms with Crippen LogP contribution in [0.4, 0.5) is 0 Å². The van der Waals surface area contributed by atoms with E-state index in [-0.39, 0.29) is 0 Å². The highest BCUT2D eigenvalue weighted by Gasteiger charge is 2.14. The molecule has 0 atom stereocenters. The summed E-state index contributed by atoms with van der Waals surface area (Å²) in [5, 5.41) is 10.1. The summed E-state index contributed by atoms with van der Waals surface area (Å²) in [6.45, 7) is 7.24. The van der Waals surface area contributed by atoms with E-state index in [0.29, 0.717) is 28.4 Å². The third kappa shape index (κ3) is 4.04. The van der Waals surface area contributed by atoms with Crippen molar-refractivity contribution in [2.24, 2.45) is 0 Å². The Morgan fingerprint density at radius 1 is 1.28 bits per heavy atom. The third-order valence-electron chi connectivity index (χ3n) is 4.52. The van der Waals surface area contributed by atoms with Crippen molar-refractivity contribution in [3.05, 3.63) is 55.8 Å². The molecule has 132 valence electrons. The number of nitriles is 1. The van der Waals surface area contributed by atoms with Crippen LogP contribution in [0.15, 0.2) is 18.2 Å². The minimum atomic E-state index is 0.576. The summed E-state index contributed by atoms with van der Waals surface area (Å²) in [4.78, 5) is 2.12. The Labute approximate surface area is 159 Å². The average Bonchev–Trinajstić information content (AvgIpc) is 2.57. The van der Waals surface area contributed by atoms with Gasteiger partial charge in [-0.15, -0.1) is 0 Å². The quantitative estimate of drug-likeness (QED) is 0.706. The van der Waals surface area contributed by atoms with E-state index in [4.69, 9.17) is 28.6 Å². The number of nitrogens with zero attached hydrogens (tertiary/aromatic N) is 3. The Morgan fingerprint density at radius 3 is 2.56 bits per heavy atom. The van der Waals surface area contributed by atoms with Gasteiger partial charge >= 0.3 is 0 Å². The fourth-order valence-electron chi connectivity index (χ4n) is 2.86. The van der Waals surface area contributed by atoms with Gasteiger partial charge in [0, 0.05) is 22.8 Å². The average molecular weight is 376 g/mol. The van der Waals surface area contributed by atoms with Gasteiger partial charge in [-0.2, -0.15) is 5.26 Å². The van der Waals surface area contributed by atoms with Crippen molar-refractivity contribution >= 4 is 23.8 Å². The van der Waals surface area contributed by atoms with Gasteiger partial charge in [0.2, 0.25) is 0 Å². The summed E-state index contributed by atoms with van der Waals surface area (Å²) >= 11 is 11.7. The second-order valence-electron chi connectivity index (χ2n) is 6.17. The molecule has 0 N–H and O–H groups in total. The molecule has 0 aliphatic rings. The fourth-order valence-corrected chi connectivity index (χ4v) is 3.45. The lowest BCUT2D eigenvalue weighted by Gasteiger charge is -2.24. The predicted molar refractivity (Wildman–Crippen MR) is 104 cm³/mol. The standard InChI is InChI=1S/C19H22ClN3OS/c1-12-13(2)17(9-21)19(25)23(14(12)3)11-22(4)10-15-8-16(20)6-7-18(15)24-5/h6-8H,10-11H2,1-5H3. The van der Waals surface area contributed by atoms with Crippen LogP contribution in [0.1, 0.15) is 27.9 Å². The van der Waals surface area contributed by atoms with Crippen molar-refractivity contribution in [2.45, 2.75) is 34.0 Å². The van der Waals surface area contributed by atoms with E-state index in [1.165, 1.54) is 0 Å². The molecule has 4 nitrogen and oxygen atoms in total. The number of methoxy groups -OCH3 is 1. The van der Waals surface area contributed by atoms with Gasteiger partial charge < -0.3 is 9.30 Å². The molecule has 2 aromatic rings. The van der Waals surface area contributed by atoms with E-state index in [2.05, 4.69) is 11.0 Å². The molecule has 6 heteroatoms. The lowest BCUT2D eigenvalue weighted by Crippen LogP contribution is -2.25. The maximum Gasteiger partial charge on any atom is 0.125 e. The minimum Gasteiger partial charge on any atom is -0.496 e. The monoisotopic (exact) mass is 375 g/mol. The minimum absolute atomic E-state index is 0.576. The second kappa shape index (κ2) is 8.01. The largest absolute Gasteiger partial charge is 0.496 e. The smallest absolute Gasteiger partial charge is 0.125 e. The lowest BCUT2D eigenvalue weighted by atomic mass is 10.0. The number of hydrogen-bond acceptors (Lipinski definition) is 4. The Balaban J connectivity index is 2.35. The summed E-state index contributed by atoms with van der Waals surface area (Å²) in [5.74, 6) is 0.800.